The van der Waals surface area contributed by atoms with Crippen molar-refractivity contribution in [3.05, 3.63) is 35.4 Å². The standard InChI is InChI=1S/C20H35NO/c1-3-5-7-8-9-10-11-20(22)19-14-12-18(13-15-19)17-21-16-6-4-2/h12-15,20-22H,3-11,16-17H2,1-2H3. The van der Waals surface area contributed by atoms with E-state index < -0.39 is 0 Å². The lowest BCUT2D eigenvalue weighted by Gasteiger charge is -2.12. The number of hydrogen-bond donors (Lipinski definition) is 2. The second kappa shape index (κ2) is 12.7. The minimum atomic E-state index is -0.298. The quantitative estimate of drug-likeness (QED) is 0.481. The first kappa shape index (κ1) is 19.2. The van der Waals surface area contributed by atoms with E-state index in [1.807, 2.05) is 0 Å². The third-order valence-electron chi connectivity index (χ3n) is 4.23. The fraction of sp³-hybridized carbons (Fsp3) is 0.700. The maximum absolute atomic E-state index is 10.2. The molecule has 0 amide bonds. The predicted octanol–water partition coefficient (Wildman–Crippen LogP) is 5.36. The van der Waals surface area contributed by atoms with Crippen LogP contribution >= 0.6 is 0 Å². The molecule has 1 rings (SSSR count). The van der Waals surface area contributed by atoms with Gasteiger partial charge in [0.25, 0.3) is 0 Å². The van der Waals surface area contributed by atoms with Crippen molar-refractivity contribution in [1.82, 2.24) is 5.32 Å². The van der Waals surface area contributed by atoms with Crippen molar-refractivity contribution in [3.8, 4) is 0 Å². The molecule has 1 unspecified atom stereocenters. The van der Waals surface area contributed by atoms with E-state index in [0.29, 0.717) is 0 Å². The van der Waals surface area contributed by atoms with Crippen molar-refractivity contribution < 1.29 is 5.11 Å². The van der Waals surface area contributed by atoms with Gasteiger partial charge in [-0.25, -0.2) is 0 Å². The first-order chi connectivity index (χ1) is 10.8. The Morgan fingerprint density at radius 3 is 2.18 bits per heavy atom. The van der Waals surface area contributed by atoms with Gasteiger partial charge in [0.15, 0.2) is 0 Å². The number of unbranched alkanes of at least 4 members (excludes halogenated alkanes) is 6. The maximum atomic E-state index is 10.2. The molecule has 0 aromatic heterocycles. The van der Waals surface area contributed by atoms with Crippen LogP contribution in [0, 0.1) is 0 Å². The average molecular weight is 306 g/mol. The smallest absolute Gasteiger partial charge is 0.0790 e. The molecule has 0 spiro atoms. The summed E-state index contributed by atoms with van der Waals surface area (Å²) >= 11 is 0. The molecule has 1 atom stereocenters. The van der Waals surface area contributed by atoms with Crippen LogP contribution in [0.5, 0.6) is 0 Å². The number of aliphatic hydroxyl groups excluding tert-OH is 1. The number of benzene rings is 1. The van der Waals surface area contributed by atoms with Gasteiger partial charge in [0.05, 0.1) is 6.10 Å². The number of hydrogen-bond acceptors (Lipinski definition) is 2. The minimum Gasteiger partial charge on any atom is -0.388 e. The van der Waals surface area contributed by atoms with Crippen molar-refractivity contribution >= 4 is 0 Å². The van der Waals surface area contributed by atoms with E-state index in [-0.39, 0.29) is 6.10 Å². The fourth-order valence-electron chi connectivity index (χ4n) is 2.68. The highest BCUT2D eigenvalue weighted by atomic mass is 16.3. The van der Waals surface area contributed by atoms with Crippen LogP contribution < -0.4 is 5.32 Å². The summed E-state index contributed by atoms with van der Waals surface area (Å²) in [5.74, 6) is 0. The Bertz CT molecular complexity index is 360. The maximum Gasteiger partial charge on any atom is 0.0790 e. The Morgan fingerprint density at radius 2 is 1.50 bits per heavy atom. The van der Waals surface area contributed by atoms with Gasteiger partial charge in [-0.3, -0.25) is 0 Å². The summed E-state index contributed by atoms with van der Waals surface area (Å²) in [4.78, 5) is 0. The zero-order valence-corrected chi connectivity index (χ0v) is 14.6. The van der Waals surface area contributed by atoms with Crippen LogP contribution in [-0.2, 0) is 6.54 Å². The summed E-state index contributed by atoms with van der Waals surface area (Å²) in [6.45, 7) is 6.46. The normalized spacial score (nSPS) is 12.5. The lowest BCUT2D eigenvalue weighted by atomic mass is 10.0. The van der Waals surface area contributed by atoms with E-state index in [0.717, 1.165) is 31.5 Å². The van der Waals surface area contributed by atoms with Gasteiger partial charge in [0, 0.05) is 6.54 Å². The molecule has 22 heavy (non-hydrogen) atoms. The Labute approximate surface area is 137 Å². The minimum absolute atomic E-state index is 0.298. The van der Waals surface area contributed by atoms with Crippen LogP contribution in [0.3, 0.4) is 0 Å². The van der Waals surface area contributed by atoms with Gasteiger partial charge < -0.3 is 10.4 Å². The van der Waals surface area contributed by atoms with Crippen LogP contribution in [0.2, 0.25) is 0 Å². The van der Waals surface area contributed by atoms with Crippen molar-refractivity contribution in [2.45, 2.75) is 84.3 Å². The van der Waals surface area contributed by atoms with Crippen LogP contribution in [0.25, 0.3) is 0 Å². The Hall–Kier alpha value is -0.860. The molecule has 0 aliphatic heterocycles. The third kappa shape index (κ3) is 8.55. The summed E-state index contributed by atoms with van der Waals surface area (Å²) < 4.78 is 0. The van der Waals surface area contributed by atoms with Gasteiger partial charge in [-0.05, 0) is 30.5 Å². The highest BCUT2D eigenvalue weighted by molar-refractivity contribution is 5.24. The van der Waals surface area contributed by atoms with Crippen molar-refractivity contribution in [2.24, 2.45) is 0 Å². The van der Waals surface area contributed by atoms with Crippen LogP contribution in [-0.4, -0.2) is 11.7 Å². The van der Waals surface area contributed by atoms with Gasteiger partial charge in [-0.2, -0.15) is 0 Å². The van der Waals surface area contributed by atoms with Crippen molar-refractivity contribution in [3.63, 3.8) is 0 Å². The molecular weight excluding hydrogens is 270 g/mol. The van der Waals surface area contributed by atoms with E-state index >= 15 is 0 Å². The average Bonchev–Trinajstić information content (AvgIpc) is 2.55. The summed E-state index contributed by atoms with van der Waals surface area (Å²) in [7, 11) is 0. The van der Waals surface area contributed by atoms with E-state index in [1.54, 1.807) is 0 Å². The molecule has 2 N–H and O–H groups in total. The Kier molecular flexibility index (Phi) is 11.0. The van der Waals surface area contributed by atoms with Crippen LogP contribution in [0.15, 0.2) is 24.3 Å². The van der Waals surface area contributed by atoms with Gasteiger partial charge >= 0.3 is 0 Å². The topological polar surface area (TPSA) is 32.3 Å². The molecule has 1 aromatic rings. The molecule has 0 radical (unpaired) electrons. The van der Waals surface area contributed by atoms with Crippen LogP contribution in [0.1, 0.15) is 88.9 Å². The molecule has 0 saturated heterocycles. The second-order valence-corrected chi connectivity index (χ2v) is 6.34. The summed E-state index contributed by atoms with van der Waals surface area (Å²) in [5.41, 5.74) is 2.36. The van der Waals surface area contributed by atoms with Crippen molar-refractivity contribution in [1.29, 1.82) is 0 Å². The lowest BCUT2D eigenvalue weighted by molar-refractivity contribution is 0.163. The molecule has 2 heteroatoms. The molecule has 0 heterocycles. The highest BCUT2D eigenvalue weighted by Gasteiger charge is 2.07. The molecule has 0 bridgehead atoms. The first-order valence-electron chi connectivity index (χ1n) is 9.25. The fourth-order valence-corrected chi connectivity index (χ4v) is 2.68. The summed E-state index contributed by atoms with van der Waals surface area (Å²) in [5, 5.41) is 13.7. The number of nitrogens with one attached hydrogen (secondary N) is 1. The van der Waals surface area contributed by atoms with Gasteiger partial charge in [-0.15, -0.1) is 0 Å². The summed E-state index contributed by atoms with van der Waals surface area (Å²) in [6.07, 6.45) is 10.7. The van der Waals surface area contributed by atoms with Gasteiger partial charge in [0.2, 0.25) is 0 Å². The molecule has 0 fully saturated rings. The molecule has 0 aliphatic rings. The third-order valence-corrected chi connectivity index (χ3v) is 4.23. The lowest BCUT2D eigenvalue weighted by Crippen LogP contribution is -2.14. The monoisotopic (exact) mass is 305 g/mol. The van der Waals surface area contributed by atoms with Gasteiger partial charge in [-0.1, -0.05) is 83.1 Å². The predicted molar refractivity (Wildman–Crippen MR) is 96.0 cm³/mol. The Balaban J connectivity index is 2.21. The van der Waals surface area contributed by atoms with Crippen molar-refractivity contribution in [2.75, 3.05) is 6.54 Å². The Morgan fingerprint density at radius 1 is 0.864 bits per heavy atom. The number of rotatable bonds is 13. The molecule has 2 nitrogen and oxygen atoms in total. The zero-order valence-electron chi connectivity index (χ0n) is 14.6. The molecule has 1 aromatic carbocycles. The SMILES string of the molecule is CCCCCCCCC(O)c1ccc(CNCCCC)cc1. The summed E-state index contributed by atoms with van der Waals surface area (Å²) in [6, 6.07) is 8.44. The van der Waals surface area contributed by atoms with E-state index in [9.17, 15) is 5.11 Å². The first-order valence-corrected chi connectivity index (χ1v) is 9.25. The molecular formula is C20H35NO. The molecule has 126 valence electrons. The van der Waals surface area contributed by atoms with Crippen LogP contribution in [0.4, 0.5) is 0 Å². The van der Waals surface area contributed by atoms with E-state index in [4.69, 9.17) is 0 Å². The molecule has 0 aliphatic carbocycles. The zero-order chi connectivity index (χ0) is 16.0. The van der Waals surface area contributed by atoms with Gasteiger partial charge in [0.1, 0.15) is 0 Å². The second-order valence-electron chi connectivity index (χ2n) is 6.34. The van der Waals surface area contributed by atoms with E-state index in [1.165, 1.54) is 50.5 Å². The largest absolute Gasteiger partial charge is 0.388 e. The molecule has 0 saturated carbocycles. The number of aliphatic hydroxyl groups is 1. The van der Waals surface area contributed by atoms with E-state index in [2.05, 4.69) is 43.4 Å². The highest BCUT2D eigenvalue weighted by Crippen LogP contribution is 2.20.